The predicted molar refractivity (Wildman–Crippen MR) is 102 cm³/mol. The molecule has 128 valence electrons. The van der Waals surface area contributed by atoms with Crippen molar-refractivity contribution in [2.45, 2.75) is 38.3 Å². The molecule has 0 unspecified atom stereocenters. The molecule has 0 saturated carbocycles. The van der Waals surface area contributed by atoms with Crippen LogP contribution >= 0.6 is 11.3 Å². The van der Waals surface area contributed by atoms with E-state index in [1.54, 1.807) is 17.6 Å². The number of ether oxygens (including phenoxy) is 1. The van der Waals surface area contributed by atoms with Crippen molar-refractivity contribution in [2.24, 2.45) is 0 Å². The van der Waals surface area contributed by atoms with E-state index in [2.05, 4.69) is 46.4 Å². The fraction of sp³-hybridized carbons (Fsp3) is 0.333. The largest absolute Gasteiger partial charge is 0.497 e. The van der Waals surface area contributed by atoms with E-state index in [0.717, 1.165) is 12.3 Å². The smallest absolute Gasteiger partial charge is 0.119 e. The number of nitrogens with one attached hydrogen (secondary N) is 1. The molecule has 0 spiro atoms. The maximum Gasteiger partial charge on any atom is 0.119 e. The summed E-state index contributed by atoms with van der Waals surface area (Å²) in [4.78, 5) is 1.61. The second-order valence-corrected chi connectivity index (χ2v) is 7.97. The summed E-state index contributed by atoms with van der Waals surface area (Å²) in [5, 5.41) is 5.24. The van der Waals surface area contributed by atoms with Crippen molar-refractivity contribution in [3.05, 3.63) is 69.9 Å². The first kappa shape index (κ1) is 15.2. The average Bonchev–Trinajstić information content (AvgIpc) is 3.24. The molecule has 3 nitrogen and oxygen atoms in total. The average molecular weight is 350 g/mol. The molecule has 1 atom stereocenters. The highest BCUT2D eigenvalue weighted by atomic mass is 32.1. The van der Waals surface area contributed by atoms with Crippen molar-refractivity contribution in [2.75, 3.05) is 7.11 Å². The van der Waals surface area contributed by atoms with Gasteiger partial charge in [0.25, 0.3) is 0 Å². The first-order valence-corrected chi connectivity index (χ1v) is 9.85. The number of nitrogens with zero attached hydrogens (tertiary/aromatic N) is 1. The second-order valence-electron chi connectivity index (χ2n) is 6.89. The SMILES string of the molecule is COc1cccc([C@@H]2NCc3c(sc4c3CCCC4)-n3cccc32)c1. The molecule has 5 rings (SSSR count). The summed E-state index contributed by atoms with van der Waals surface area (Å²) in [7, 11) is 1.73. The van der Waals surface area contributed by atoms with Crippen LogP contribution in [0.5, 0.6) is 5.75 Å². The van der Waals surface area contributed by atoms with Crippen LogP contribution in [0.15, 0.2) is 42.6 Å². The van der Waals surface area contributed by atoms with Gasteiger partial charge >= 0.3 is 0 Å². The molecular formula is C21H22N2OS. The van der Waals surface area contributed by atoms with Crippen molar-refractivity contribution in [1.29, 1.82) is 0 Å². The molecule has 25 heavy (non-hydrogen) atoms. The predicted octanol–water partition coefficient (Wildman–Crippen LogP) is 4.62. The Morgan fingerprint density at radius 3 is 2.96 bits per heavy atom. The van der Waals surface area contributed by atoms with Crippen LogP contribution in [0, 0.1) is 0 Å². The number of aryl methyl sites for hydroxylation is 1. The Balaban J connectivity index is 1.63. The third kappa shape index (κ3) is 2.43. The molecule has 0 fully saturated rings. The molecule has 0 amide bonds. The number of hydrogen-bond donors (Lipinski definition) is 1. The number of rotatable bonds is 2. The third-order valence-electron chi connectivity index (χ3n) is 5.46. The summed E-state index contributed by atoms with van der Waals surface area (Å²) in [6.45, 7) is 0.935. The molecule has 3 aromatic rings. The summed E-state index contributed by atoms with van der Waals surface area (Å²) in [6, 6.07) is 13.0. The lowest BCUT2D eigenvalue weighted by Crippen LogP contribution is -2.22. The van der Waals surface area contributed by atoms with E-state index in [1.165, 1.54) is 47.5 Å². The molecule has 0 radical (unpaired) electrons. The van der Waals surface area contributed by atoms with Crippen LogP contribution in [-0.4, -0.2) is 11.7 Å². The van der Waals surface area contributed by atoms with Gasteiger partial charge in [0.1, 0.15) is 10.8 Å². The monoisotopic (exact) mass is 350 g/mol. The van der Waals surface area contributed by atoms with Crippen LogP contribution in [0.3, 0.4) is 0 Å². The first-order chi connectivity index (χ1) is 12.3. The summed E-state index contributed by atoms with van der Waals surface area (Å²) < 4.78 is 7.84. The zero-order chi connectivity index (χ0) is 16.8. The molecule has 1 aliphatic carbocycles. The Labute approximate surface area is 152 Å². The Morgan fingerprint density at radius 1 is 1.12 bits per heavy atom. The van der Waals surface area contributed by atoms with Gasteiger partial charge in [-0.1, -0.05) is 12.1 Å². The van der Waals surface area contributed by atoms with Crippen LogP contribution < -0.4 is 10.1 Å². The van der Waals surface area contributed by atoms with E-state index in [9.17, 15) is 0 Å². The lowest BCUT2D eigenvalue weighted by molar-refractivity contribution is 0.413. The second kappa shape index (κ2) is 6.04. The summed E-state index contributed by atoms with van der Waals surface area (Å²) >= 11 is 2.00. The highest BCUT2D eigenvalue weighted by Crippen LogP contribution is 2.41. The lowest BCUT2D eigenvalue weighted by atomic mass is 9.95. The van der Waals surface area contributed by atoms with Gasteiger partial charge in [-0.05, 0) is 61.1 Å². The molecule has 1 aromatic carbocycles. The summed E-state index contributed by atoms with van der Waals surface area (Å²) in [5.74, 6) is 0.911. The summed E-state index contributed by atoms with van der Waals surface area (Å²) in [6.07, 6.45) is 7.38. The number of fused-ring (bicyclic) bond motifs is 5. The van der Waals surface area contributed by atoms with E-state index in [1.807, 2.05) is 17.4 Å². The topological polar surface area (TPSA) is 26.2 Å². The summed E-state index contributed by atoms with van der Waals surface area (Å²) in [5.41, 5.74) is 5.70. The highest BCUT2D eigenvalue weighted by Gasteiger charge is 2.28. The van der Waals surface area contributed by atoms with Crippen LogP contribution in [0.2, 0.25) is 0 Å². The van der Waals surface area contributed by atoms with Crippen LogP contribution in [-0.2, 0) is 19.4 Å². The van der Waals surface area contributed by atoms with Crippen molar-refractivity contribution in [1.82, 2.24) is 9.88 Å². The molecule has 1 aliphatic heterocycles. The minimum atomic E-state index is 0.184. The number of methoxy groups -OCH3 is 1. The van der Waals surface area contributed by atoms with Gasteiger partial charge < -0.3 is 14.6 Å². The molecule has 4 heteroatoms. The standard InChI is InChI=1S/C21H22N2OS/c1-24-15-7-4-6-14(12-15)20-18-9-5-11-23(18)21-17(13-22-20)16-8-2-3-10-19(16)25-21/h4-7,9,11-12,20,22H,2-3,8,10,13H2,1H3/t20-/m0/s1. The molecule has 0 bridgehead atoms. The van der Waals surface area contributed by atoms with Crippen LogP contribution in [0.4, 0.5) is 0 Å². The van der Waals surface area contributed by atoms with Gasteiger partial charge in [-0.3, -0.25) is 0 Å². The molecule has 1 N–H and O–H groups in total. The van der Waals surface area contributed by atoms with E-state index in [4.69, 9.17) is 4.74 Å². The fourth-order valence-corrected chi connectivity index (χ4v) is 5.64. The maximum atomic E-state index is 5.44. The fourth-order valence-electron chi connectivity index (χ4n) is 4.23. The molecule has 3 heterocycles. The van der Waals surface area contributed by atoms with Gasteiger partial charge in [-0.15, -0.1) is 11.3 Å². The maximum absolute atomic E-state index is 5.44. The number of thiophene rings is 1. The van der Waals surface area contributed by atoms with Crippen molar-refractivity contribution < 1.29 is 4.74 Å². The van der Waals surface area contributed by atoms with E-state index in [-0.39, 0.29) is 6.04 Å². The lowest BCUT2D eigenvalue weighted by Gasteiger charge is -2.19. The van der Waals surface area contributed by atoms with Crippen molar-refractivity contribution in [3.8, 4) is 10.8 Å². The van der Waals surface area contributed by atoms with E-state index in [0.29, 0.717) is 0 Å². The molecular weight excluding hydrogens is 328 g/mol. The van der Waals surface area contributed by atoms with Crippen LogP contribution in [0.25, 0.3) is 5.00 Å². The van der Waals surface area contributed by atoms with Gasteiger partial charge in [0.05, 0.1) is 13.2 Å². The van der Waals surface area contributed by atoms with E-state index >= 15 is 0 Å². The number of aromatic nitrogens is 1. The zero-order valence-corrected chi connectivity index (χ0v) is 15.2. The Kier molecular flexibility index (Phi) is 3.68. The molecule has 0 saturated heterocycles. The Hall–Kier alpha value is -2.04. The third-order valence-corrected chi connectivity index (χ3v) is 6.80. The normalized spacial score (nSPS) is 18.8. The first-order valence-electron chi connectivity index (χ1n) is 9.03. The highest BCUT2D eigenvalue weighted by molar-refractivity contribution is 7.15. The van der Waals surface area contributed by atoms with Gasteiger partial charge in [0.2, 0.25) is 0 Å². The van der Waals surface area contributed by atoms with Gasteiger partial charge in [-0.2, -0.15) is 0 Å². The number of benzene rings is 1. The molecule has 2 aliphatic rings. The van der Waals surface area contributed by atoms with Gasteiger partial charge in [0, 0.05) is 28.9 Å². The molecule has 2 aromatic heterocycles. The van der Waals surface area contributed by atoms with E-state index < -0.39 is 0 Å². The van der Waals surface area contributed by atoms with Crippen molar-refractivity contribution in [3.63, 3.8) is 0 Å². The van der Waals surface area contributed by atoms with Crippen molar-refractivity contribution >= 4 is 11.3 Å². The Bertz CT molecular complexity index is 924. The minimum Gasteiger partial charge on any atom is -0.497 e. The van der Waals surface area contributed by atoms with Gasteiger partial charge in [0.15, 0.2) is 0 Å². The Morgan fingerprint density at radius 2 is 2.04 bits per heavy atom. The minimum absolute atomic E-state index is 0.184. The quantitative estimate of drug-likeness (QED) is 0.730. The van der Waals surface area contributed by atoms with Crippen LogP contribution in [0.1, 0.15) is 46.1 Å². The van der Waals surface area contributed by atoms with Gasteiger partial charge in [-0.25, -0.2) is 0 Å². The zero-order valence-electron chi connectivity index (χ0n) is 14.4. The number of hydrogen-bond acceptors (Lipinski definition) is 3.